The summed E-state index contributed by atoms with van der Waals surface area (Å²) in [6.45, 7) is 0. The summed E-state index contributed by atoms with van der Waals surface area (Å²) in [6, 6.07) is 5.75. The van der Waals surface area contributed by atoms with Gasteiger partial charge >= 0.3 is 0 Å². The molecule has 0 bridgehead atoms. The zero-order valence-electron chi connectivity index (χ0n) is 7.81. The molecule has 1 aromatic carbocycles. The Labute approximate surface area is 97.5 Å². The van der Waals surface area contributed by atoms with E-state index in [0.717, 1.165) is 15.8 Å². The minimum atomic E-state index is 0.561. The van der Waals surface area contributed by atoms with Gasteiger partial charge in [-0.25, -0.2) is 0 Å². The molecule has 74 valence electrons. The predicted octanol–water partition coefficient (Wildman–Crippen LogP) is 3.44. The molecule has 0 saturated heterocycles. The molecular weight excluding hydrogens is 263 g/mol. The van der Waals surface area contributed by atoms with E-state index in [4.69, 9.17) is 16.3 Å². The van der Waals surface area contributed by atoms with Gasteiger partial charge in [0.2, 0.25) is 0 Å². The van der Waals surface area contributed by atoms with E-state index in [2.05, 4.69) is 27.8 Å². The molecule has 0 amide bonds. The minimum absolute atomic E-state index is 0.561. The highest BCUT2D eigenvalue weighted by atomic mass is 79.9. The number of rotatable bonds is 2. The van der Waals surface area contributed by atoms with Crippen molar-refractivity contribution in [3.8, 4) is 17.6 Å². The third-order valence-electron chi connectivity index (χ3n) is 1.61. The van der Waals surface area contributed by atoms with Gasteiger partial charge in [0.15, 0.2) is 0 Å². The Kier molecular flexibility index (Phi) is 4.86. The first-order valence-corrected chi connectivity index (χ1v) is 5.49. The highest BCUT2D eigenvalue weighted by molar-refractivity contribution is 9.10. The van der Waals surface area contributed by atoms with Gasteiger partial charge in [0.05, 0.1) is 12.7 Å². The Morgan fingerprint density at radius 2 is 2.29 bits per heavy atom. The second-order valence-electron chi connectivity index (χ2n) is 2.59. The van der Waals surface area contributed by atoms with Crippen LogP contribution < -0.4 is 4.74 Å². The topological polar surface area (TPSA) is 9.23 Å². The van der Waals surface area contributed by atoms with Gasteiger partial charge in [-0.2, -0.15) is 0 Å². The molecule has 0 heterocycles. The summed E-state index contributed by atoms with van der Waals surface area (Å²) in [7, 11) is 1.63. The van der Waals surface area contributed by atoms with Crippen LogP contribution >= 0.6 is 27.5 Å². The van der Waals surface area contributed by atoms with Crippen molar-refractivity contribution in [1.29, 1.82) is 0 Å². The number of benzene rings is 1. The first-order valence-electron chi connectivity index (χ1n) is 4.16. The average molecular weight is 274 g/mol. The van der Waals surface area contributed by atoms with Crippen molar-refractivity contribution in [3.63, 3.8) is 0 Å². The van der Waals surface area contributed by atoms with Crippen LogP contribution in [0.15, 0.2) is 22.7 Å². The van der Waals surface area contributed by atoms with E-state index in [1.807, 2.05) is 18.2 Å². The fraction of sp³-hybridized carbons (Fsp3) is 0.273. The zero-order valence-corrected chi connectivity index (χ0v) is 10.2. The Bertz CT molecular complexity index is 365. The van der Waals surface area contributed by atoms with E-state index in [9.17, 15) is 0 Å². The van der Waals surface area contributed by atoms with Crippen molar-refractivity contribution in [2.24, 2.45) is 0 Å². The van der Waals surface area contributed by atoms with Crippen LogP contribution in [0.4, 0.5) is 0 Å². The molecule has 0 N–H and O–H groups in total. The van der Waals surface area contributed by atoms with E-state index in [-0.39, 0.29) is 0 Å². The molecule has 0 aliphatic carbocycles. The molecule has 0 atom stereocenters. The second-order valence-corrected chi connectivity index (χ2v) is 3.88. The predicted molar refractivity (Wildman–Crippen MR) is 62.9 cm³/mol. The molecule has 1 rings (SSSR count). The molecule has 0 saturated carbocycles. The maximum atomic E-state index is 5.53. The molecule has 0 fully saturated rings. The third kappa shape index (κ3) is 3.25. The van der Waals surface area contributed by atoms with Crippen LogP contribution in [0.5, 0.6) is 5.75 Å². The molecule has 1 aromatic rings. The molecule has 0 aliphatic heterocycles. The molecule has 14 heavy (non-hydrogen) atoms. The van der Waals surface area contributed by atoms with Crippen LogP contribution in [0.1, 0.15) is 12.0 Å². The normalized spacial score (nSPS) is 9.07. The SMILES string of the molecule is COc1cc(Br)ccc1C#CCCCl. The number of halogens is 2. The van der Waals surface area contributed by atoms with E-state index in [1.165, 1.54) is 0 Å². The van der Waals surface area contributed by atoms with E-state index >= 15 is 0 Å². The van der Waals surface area contributed by atoms with Gasteiger partial charge in [0.1, 0.15) is 5.75 Å². The molecule has 0 aromatic heterocycles. The Morgan fingerprint density at radius 1 is 1.50 bits per heavy atom. The lowest BCUT2D eigenvalue weighted by Crippen LogP contribution is -1.87. The monoisotopic (exact) mass is 272 g/mol. The van der Waals surface area contributed by atoms with Gasteiger partial charge < -0.3 is 4.74 Å². The molecule has 3 heteroatoms. The number of ether oxygens (including phenoxy) is 1. The fourth-order valence-corrected chi connectivity index (χ4v) is 1.41. The summed E-state index contributed by atoms with van der Waals surface area (Å²) in [5, 5.41) is 0. The van der Waals surface area contributed by atoms with Gasteiger partial charge in [-0.1, -0.05) is 27.8 Å². The van der Waals surface area contributed by atoms with Gasteiger partial charge in [0, 0.05) is 16.8 Å². The molecule has 0 spiro atoms. The van der Waals surface area contributed by atoms with Gasteiger partial charge in [-0.15, -0.1) is 11.6 Å². The van der Waals surface area contributed by atoms with Crippen molar-refractivity contribution < 1.29 is 4.74 Å². The minimum Gasteiger partial charge on any atom is -0.495 e. The maximum Gasteiger partial charge on any atom is 0.135 e. The summed E-state index contributed by atoms with van der Waals surface area (Å²) in [5.41, 5.74) is 0.890. The second kappa shape index (κ2) is 5.95. The largest absolute Gasteiger partial charge is 0.495 e. The highest BCUT2D eigenvalue weighted by Crippen LogP contribution is 2.22. The van der Waals surface area contributed by atoms with Gasteiger partial charge in [-0.3, -0.25) is 0 Å². The molecule has 0 radical (unpaired) electrons. The van der Waals surface area contributed by atoms with E-state index < -0.39 is 0 Å². The average Bonchev–Trinajstić information content (AvgIpc) is 2.20. The summed E-state index contributed by atoms with van der Waals surface area (Å²) >= 11 is 8.90. The Balaban J connectivity index is 2.92. The van der Waals surface area contributed by atoms with Crippen LogP contribution in [0.3, 0.4) is 0 Å². The fourth-order valence-electron chi connectivity index (χ4n) is 0.973. The summed E-state index contributed by atoms with van der Waals surface area (Å²) in [5.74, 6) is 7.32. The molecule has 1 nitrogen and oxygen atoms in total. The quantitative estimate of drug-likeness (QED) is 0.592. The van der Waals surface area contributed by atoms with Crippen molar-refractivity contribution in [2.75, 3.05) is 13.0 Å². The van der Waals surface area contributed by atoms with Gasteiger partial charge in [-0.05, 0) is 18.2 Å². The van der Waals surface area contributed by atoms with Crippen LogP contribution in [-0.4, -0.2) is 13.0 Å². The van der Waals surface area contributed by atoms with Crippen molar-refractivity contribution in [1.82, 2.24) is 0 Å². The van der Waals surface area contributed by atoms with E-state index in [1.54, 1.807) is 7.11 Å². The van der Waals surface area contributed by atoms with Crippen LogP contribution in [0, 0.1) is 11.8 Å². The number of methoxy groups -OCH3 is 1. The van der Waals surface area contributed by atoms with Crippen LogP contribution in [-0.2, 0) is 0 Å². The molecule has 0 unspecified atom stereocenters. The van der Waals surface area contributed by atoms with Crippen molar-refractivity contribution in [3.05, 3.63) is 28.2 Å². The summed E-state index contributed by atoms with van der Waals surface area (Å²) in [6.07, 6.45) is 0.695. The van der Waals surface area contributed by atoms with Gasteiger partial charge in [0.25, 0.3) is 0 Å². The maximum absolute atomic E-state index is 5.53. The first-order chi connectivity index (χ1) is 6.77. The van der Waals surface area contributed by atoms with Crippen LogP contribution in [0.2, 0.25) is 0 Å². The molecular formula is C11H10BrClO. The molecule has 0 aliphatic rings. The van der Waals surface area contributed by atoms with Crippen molar-refractivity contribution >= 4 is 27.5 Å². The third-order valence-corrected chi connectivity index (χ3v) is 2.29. The Morgan fingerprint density at radius 3 is 2.93 bits per heavy atom. The lowest BCUT2D eigenvalue weighted by molar-refractivity contribution is 0.413. The lowest BCUT2D eigenvalue weighted by Gasteiger charge is -2.02. The first kappa shape index (κ1) is 11.4. The number of hydrogen-bond acceptors (Lipinski definition) is 1. The van der Waals surface area contributed by atoms with E-state index in [0.29, 0.717) is 12.3 Å². The standard InChI is InChI=1S/C11H10BrClO/c1-14-11-8-10(12)6-5-9(11)4-2-3-7-13/h5-6,8H,3,7H2,1H3. The number of hydrogen-bond donors (Lipinski definition) is 0. The smallest absolute Gasteiger partial charge is 0.135 e. The lowest BCUT2D eigenvalue weighted by atomic mass is 10.2. The Hall–Kier alpha value is -0.650. The summed E-state index contributed by atoms with van der Waals surface area (Å²) < 4.78 is 6.17. The number of alkyl halides is 1. The van der Waals surface area contributed by atoms with Crippen molar-refractivity contribution in [2.45, 2.75) is 6.42 Å². The van der Waals surface area contributed by atoms with Crippen LogP contribution in [0.25, 0.3) is 0 Å². The summed E-state index contributed by atoms with van der Waals surface area (Å²) in [4.78, 5) is 0. The zero-order chi connectivity index (χ0) is 10.4. The highest BCUT2D eigenvalue weighted by Gasteiger charge is 1.99.